The summed E-state index contributed by atoms with van der Waals surface area (Å²) in [6, 6.07) is 23.4. The van der Waals surface area contributed by atoms with Crippen LogP contribution in [0, 0.1) is 13.8 Å². The number of sulfonamides is 1. The Labute approximate surface area is 226 Å². The van der Waals surface area contributed by atoms with Crippen molar-refractivity contribution in [2.75, 3.05) is 23.7 Å². The van der Waals surface area contributed by atoms with Crippen LogP contribution in [0.5, 0.6) is 0 Å². The lowest BCUT2D eigenvalue weighted by Crippen LogP contribution is -2.53. The summed E-state index contributed by atoms with van der Waals surface area (Å²) in [4.78, 5) is 29.0. The van der Waals surface area contributed by atoms with Crippen LogP contribution in [-0.4, -0.2) is 50.5 Å². The van der Waals surface area contributed by atoms with E-state index in [-0.39, 0.29) is 12.5 Å². The fourth-order valence-electron chi connectivity index (χ4n) is 4.25. The van der Waals surface area contributed by atoms with Crippen LogP contribution >= 0.6 is 0 Å². The van der Waals surface area contributed by atoms with E-state index in [1.54, 1.807) is 24.3 Å². The maximum atomic E-state index is 14.0. The normalized spacial score (nSPS) is 12.0. The quantitative estimate of drug-likeness (QED) is 0.376. The lowest BCUT2D eigenvalue weighted by molar-refractivity contribution is -0.140. The first-order chi connectivity index (χ1) is 18.1. The molecule has 38 heavy (non-hydrogen) atoms. The van der Waals surface area contributed by atoms with Gasteiger partial charge in [-0.25, -0.2) is 8.42 Å². The van der Waals surface area contributed by atoms with Gasteiger partial charge in [0.1, 0.15) is 12.6 Å². The van der Waals surface area contributed by atoms with Crippen molar-refractivity contribution >= 4 is 27.5 Å². The fraction of sp³-hybridized carbons (Fsp3) is 0.333. The molecule has 3 aromatic rings. The summed E-state index contributed by atoms with van der Waals surface area (Å²) in [6.45, 7) is 6.08. The Bertz CT molecular complexity index is 1330. The lowest BCUT2D eigenvalue weighted by Gasteiger charge is -2.33. The van der Waals surface area contributed by atoms with Gasteiger partial charge in [0.15, 0.2) is 0 Å². The van der Waals surface area contributed by atoms with E-state index >= 15 is 0 Å². The molecule has 0 spiro atoms. The zero-order valence-corrected chi connectivity index (χ0v) is 23.4. The first-order valence-corrected chi connectivity index (χ1v) is 14.6. The van der Waals surface area contributed by atoms with Crippen molar-refractivity contribution in [3.8, 4) is 0 Å². The molecule has 8 heteroatoms. The van der Waals surface area contributed by atoms with Gasteiger partial charge in [-0.2, -0.15) is 0 Å². The summed E-state index contributed by atoms with van der Waals surface area (Å²) in [7, 11) is -3.77. The number of carbonyl (C=O) groups is 2. The number of rotatable bonds is 12. The van der Waals surface area contributed by atoms with Gasteiger partial charge in [-0.3, -0.25) is 13.9 Å². The van der Waals surface area contributed by atoms with Crippen LogP contribution in [0.1, 0.15) is 35.6 Å². The summed E-state index contributed by atoms with van der Waals surface area (Å²) in [5.41, 5.74) is 4.18. The summed E-state index contributed by atoms with van der Waals surface area (Å²) in [5, 5.41) is 2.94. The van der Waals surface area contributed by atoms with Gasteiger partial charge in [-0.15, -0.1) is 0 Å². The van der Waals surface area contributed by atoms with Gasteiger partial charge in [0, 0.05) is 19.5 Å². The summed E-state index contributed by atoms with van der Waals surface area (Å²) in [5.74, 6) is -0.719. The molecule has 0 bridgehead atoms. The molecule has 3 rings (SSSR count). The van der Waals surface area contributed by atoms with E-state index in [4.69, 9.17) is 0 Å². The highest BCUT2D eigenvalue weighted by molar-refractivity contribution is 7.92. The second kappa shape index (κ2) is 13.2. The molecule has 0 aliphatic rings. The Morgan fingerprint density at radius 1 is 0.868 bits per heavy atom. The molecule has 0 saturated heterocycles. The van der Waals surface area contributed by atoms with Crippen molar-refractivity contribution in [3.05, 3.63) is 101 Å². The lowest BCUT2D eigenvalue weighted by atomic mass is 10.0. The van der Waals surface area contributed by atoms with Crippen LogP contribution in [0.4, 0.5) is 5.69 Å². The third-order valence-corrected chi connectivity index (χ3v) is 7.40. The van der Waals surface area contributed by atoms with Crippen molar-refractivity contribution in [3.63, 3.8) is 0 Å². The number of benzene rings is 3. The molecule has 1 N–H and O–H groups in total. The van der Waals surface area contributed by atoms with E-state index in [9.17, 15) is 18.0 Å². The van der Waals surface area contributed by atoms with E-state index in [2.05, 4.69) is 5.32 Å². The minimum Gasteiger partial charge on any atom is -0.354 e. The van der Waals surface area contributed by atoms with Gasteiger partial charge in [0.05, 0.1) is 11.9 Å². The largest absolute Gasteiger partial charge is 0.354 e. The maximum absolute atomic E-state index is 14.0. The number of nitrogens with one attached hydrogen (secondary N) is 1. The summed E-state index contributed by atoms with van der Waals surface area (Å²) in [6.07, 6.45) is 2.14. The average Bonchev–Trinajstić information content (AvgIpc) is 2.88. The Hall–Kier alpha value is -3.65. The van der Waals surface area contributed by atoms with Crippen LogP contribution in [0.2, 0.25) is 0 Å². The first kappa shape index (κ1) is 28.9. The fourth-order valence-corrected chi connectivity index (χ4v) is 5.10. The first-order valence-electron chi connectivity index (χ1n) is 12.8. The summed E-state index contributed by atoms with van der Waals surface area (Å²) < 4.78 is 26.7. The van der Waals surface area contributed by atoms with E-state index in [0.717, 1.165) is 39.2 Å². The average molecular weight is 536 g/mol. The van der Waals surface area contributed by atoms with Crippen LogP contribution in [0.3, 0.4) is 0 Å². The standard InChI is InChI=1S/C30H37N3O4S/c1-5-18-31-30(35)28(20-25-11-7-6-8-12-25)32(21-26-13-9-10-24(3)19-26)29(34)22-33(38(4,36)37)27-16-14-23(2)15-17-27/h6-17,19,28H,5,18,20-22H2,1-4H3,(H,31,35). The van der Waals surface area contributed by atoms with Crippen LogP contribution in [-0.2, 0) is 32.6 Å². The molecule has 1 unspecified atom stereocenters. The molecule has 202 valence electrons. The second-order valence-electron chi connectivity index (χ2n) is 9.61. The highest BCUT2D eigenvalue weighted by Crippen LogP contribution is 2.21. The molecular weight excluding hydrogens is 498 g/mol. The van der Waals surface area contributed by atoms with Gasteiger partial charge in [-0.1, -0.05) is 84.8 Å². The van der Waals surface area contributed by atoms with Crippen LogP contribution in [0.15, 0.2) is 78.9 Å². The number of carbonyl (C=O) groups excluding carboxylic acids is 2. The predicted molar refractivity (Wildman–Crippen MR) is 152 cm³/mol. The van der Waals surface area contributed by atoms with E-state index in [0.29, 0.717) is 18.7 Å². The number of anilines is 1. The molecule has 0 fully saturated rings. The number of aryl methyl sites for hydroxylation is 2. The molecule has 2 amide bonds. The van der Waals surface area contributed by atoms with Crippen molar-refractivity contribution in [2.24, 2.45) is 0 Å². The summed E-state index contributed by atoms with van der Waals surface area (Å²) >= 11 is 0. The van der Waals surface area contributed by atoms with Gasteiger partial charge >= 0.3 is 0 Å². The molecular formula is C30H37N3O4S. The van der Waals surface area contributed by atoms with Crippen LogP contribution in [0.25, 0.3) is 0 Å². The third kappa shape index (κ3) is 8.18. The topological polar surface area (TPSA) is 86.8 Å². The van der Waals surface area contributed by atoms with E-state index < -0.39 is 28.5 Å². The molecule has 0 aliphatic carbocycles. The predicted octanol–water partition coefficient (Wildman–Crippen LogP) is 4.24. The zero-order chi connectivity index (χ0) is 27.7. The zero-order valence-electron chi connectivity index (χ0n) is 22.6. The number of nitrogens with zero attached hydrogens (tertiary/aromatic N) is 2. The smallest absolute Gasteiger partial charge is 0.244 e. The molecule has 0 heterocycles. The van der Waals surface area contributed by atoms with Gasteiger partial charge in [-0.05, 0) is 43.5 Å². The Morgan fingerprint density at radius 2 is 1.53 bits per heavy atom. The van der Waals surface area contributed by atoms with E-state index in [1.165, 1.54) is 4.90 Å². The van der Waals surface area contributed by atoms with E-state index in [1.807, 2.05) is 75.4 Å². The minimum absolute atomic E-state index is 0.170. The minimum atomic E-state index is -3.77. The van der Waals surface area contributed by atoms with Crippen molar-refractivity contribution in [1.29, 1.82) is 0 Å². The highest BCUT2D eigenvalue weighted by Gasteiger charge is 2.32. The van der Waals surface area contributed by atoms with Crippen molar-refractivity contribution < 1.29 is 18.0 Å². The maximum Gasteiger partial charge on any atom is 0.244 e. The van der Waals surface area contributed by atoms with Crippen LogP contribution < -0.4 is 9.62 Å². The molecule has 3 aromatic carbocycles. The molecule has 0 aromatic heterocycles. The Morgan fingerprint density at radius 3 is 2.13 bits per heavy atom. The highest BCUT2D eigenvalue weighted by atomic mass is 32.2. The molecule has 7 nitrogen and oxygen atoms in total. The second-order valence-corrected chi connectivity index (χ2v) is 11.5. The van der Waals surface area contributed by atoms with Crippen molar-refractivity contribution in [2.45, 2.75) is 46.2 Å². The van der Waals surface area contributed by atoms with Crippen molar-refractivity contribution in [1.82, 2.24) is 10.2 Å². The third-order valence-electron chi connectivity index (χ3n) is 6.26. The molecule has 1 atom stereocenters. The monoisotopic (exact) mass is 535 g/mol. The van der Waals surface area contributed by atoms with Gasteiger partial charge < -0.3 is 10.2 Å². The number of hydrogen-bond acceptors (Lipinski definition) is 4. The molecule has 0 saturated carbocycles. The Kier molecular flexibility index (Phi) is 10.1. The Balaban J connectivity index is 2.03. The molecule has 0 radical (unpaired) electrons. The van der Waals surface area contributed by atoms with Gasteiger partial charge in [0.25, 0.3) is 0 Å². The SMILES string of the molecule is CCCNC(=O)C(Cc1ccccc1)N(Cc1cccc(C)c1)C(=O)CN(c1ccc(C)cc1)S(C)(=O)=O. The molecule has 0 aliphatic heterocycles. The number of amides is 2. The van der Waals surface area contributed by atoms with Gasteiger partial charge in [0.2, 0.25) is 21.8 Å². The number of hydrogen-bond donors (Lipinski definition) is 1.